The Kier molecular flexibility index (Phi) is 7.23. The molecule has 1 fully saturated rings. The molecule has 192 valence electrons. The molecule has 2 aromatic carbocycles. The third-order valence-electron chi connectivity index (χ3n) is 6.17. The average molecular weight is 514 g/mol. The highest BCUT2D eigenvalue weighted by atomic mass is 32.1. The minimum Gasteiger partial charge on any atom is -0.505 e. The summed E-state index contributed by atoms with van der Waals surface area (Å²) in [5.74, 6) is -0.172. The SMILES string of the molecule is CC(C)(C)C(Nc1nsnc1Nc1cccc(C(=O)N2CCCC(O)C2)c1O)c1ccc(O)c(O)c1. The smallest absolute Gasteiger partial charge is 0.257 e. The van der Waals surface area contributed by atoms with Crippen LogP contribution in [0.4, 0.5) is 17.3 Å². The molecule has 2 heterocycles. The van der Waals surface area contributed by atoms with Crippen LogP contribution < -0.4 is 10.6 Å². The molecule has 1 amide bonds. The molecule has 0 aliphatic carbocycles. The first-order valence-corrected chi connectivity index (χ1v) is 12.4. The van der Waals surface area contributed by atoms with Crippen molar-refractivity contribution in [1.82, 2.24) is 13.6 Å². The summed E-state index contributed by atoms with van der Waals surface area (Å²) >= 11 is 0.979. The number of carbonyl (C=O) groups is 1. The van der Waals surface area contributed by atoms with Gasteiger partial charge in [0.25, 0.3) is 5.91 Å². The maximum absolute atomic E-state index is 13.0. The molecular weight excluding hydrogens is 482 g/mol. The van der Waals surface area contributed by atoms with Crippen LogP contribution in [0.3, 0.4) is 0 Å². The second-order valence-electron chi connectivity index (χ2n) is 10.0. The van der Waals surface area contributed by atoms with E-state index >= 15 is 0 Å². The van der Waals surface area contributed by atoms with Crippen molar-refractivity contribution in [1.29, 1.82) is 0 Å². The fourth-order valence-corrected chi connectivity index (χ4v) is 4.75. The predicted molar refractivity (Wildman–Crippen MR) is 138 cm³/mol. The van der Waals surface area contributed by atoms with Gasteiger partial charge in [-0.25, -0.2) is 0 Å². The lowest BCUT2D eigenvalue weighted by molar-refractivity contribution is 0.0471. The van der Waals surface area contributed by atoms with Gasteiger partial charge in [0.05, 0.1) is 35.1 Å². The van der Waals surface area contributed by atoms with E-state index in [9.17, 15) is 25.2 Å². The molecule has 11 heteroatoms. The van der Waals surface area contributed by atoms with Crippen LogP contribution >= 0.6 is 11.7 Å². The number of aliphatic hydroxyl groups excluding tert-OH is 1. The Bertz CT molecular complexity index is 1240. The van der Waals surface area contributed by atoms with Gasteiger partial charge in [0.2, 0.25) is 0 Å². The molecule has 3 aromatic rings. The van der Waals surface area contributed by atoms with Crippen LogP contribution in [0.5, 0.6) is 17.2 Å². The maximum atomic E-state index is 13.0. The highest BCUT2D eigenvalue weighted by Gasteiger charge is 2.30. The average Bonchev–Trinajstić information content (AvgIpc) is 3.26. The van der Waals surface area contributed by atoms with Gasteiger partial charge in [-0.1, -0.05) is 32.9 Å². The quantitative estimate of drug-likeness (QED) is 0.267. The molecule has 10 nitrogen and oxygen atoms in total. The lowest BCUT2D eigenvalue weighted by atomic mass is 9.82. The van der Waals surface area contributed by atoms with Gasteiger partial charge in [0.1, 0.15) is 0 Å². The monoisotopic (exact) mass is 513 g/mol. The lowest BCUT2D eigenvalue weighted by Gasteiger charge is -2.32. The summed E-state index contributed by atoms with van der Waals surface area (Å²) in [6, 6.07) is 9.22. The van der Waals surface area contributed by atoms with E-state index in [0.717, 1.165) is 17.3 Å². The molecule has 0 bridgehead atoms. The summed E-state index contributed by atoms with van der Waals surface area (Å²) in [7, 11) is 0. The Morgan fingerprint density at radius 3 is 2.56 bits per heavy atom. The zero-order valence-corrected chi connectivity index (χ0v) is 21.2. The maximum Gasteiger partial charge on any atom is 0.257 e. The van der Waals surface area contributed by atoms with E-state index in [1.165, 1.54) is 12.1 Å². The number of aliphatic hydroxyl groups is 1. The zero-order chi connectivity index (χ0) is 26.0. The zero-order valence-electron chi connectivity index (χ0n) is 20.4. The number of aromatic hydroxyl groups is 3. The third kappa shape index (κ3) is 5.47. The number of para-hydroxylation sites is 1. The standard InChI is InChI=1S/C25H31N5O5S/c1-25(2,3)21(14-9-10-18(32)19(33)12-14)27-23-22(28-36-29-23)26-17-8-4-7-16(20(17)34)24(35)30-11-5-6-15(31)13-30/h4,7-10,12,15,21,31-34H,5-6,11,13H2,1-3H3,(H,26,28)(H,27,29). The molecule has 0 radical (unpaired) electrons. The molecular formula is C25H31N5O5S. The normalized spacial score (nSPS) is 17.0. The highest BCUT2D eigenvalue weighted by Crippen LogP contribution is 2.40. The molecule has 0 saturated carbocycles. The molecule has 1 aliphatic rings. The summed E-state index contributed by atoms with van der Waals surface area (Å²) in [5, 5.41) is 47.0. The fraction of sp³-hybridized carbons (Fsp3) is 0.400. The molecule has 36 heavy (non-hydrogen) atoms. The largest absolute Gasteiger partial charge is 0.505 e. The third-order valence-corrected chi connectivity index (χ3v) is 6.70. The molecule has 1 aromatic heterocycles. The summed E-state index contributed by atoms with van der Waals surface area (Å²) < 4.78 is 8.68. The van der Waals surface area contributed by atoms with Crippen molar-refractivity contribution >= 4 is 35.0 Å². The lowest BCUT2D eigenvalue weighted by Crippen LogP contribution is -2.42. The molecule has 0 spiro atoms. The Morgan fingerprint density at radius 2 is 1.86 bits per heavy atom. The minimum atomic E-state index is -0.563. The van der Waals surface area contributed by atoms with E-state index in [-0.39, 0.29) is 46.7 Å². The number of rotatable bonds is 6. The molecule has 4 rings (SSSR count). The van der Waals surface area contributed by atoms with Gasteiger partial charge < -0.3 is 36.0 Å². The van der Waals surface area contributed by atoms with Crippen molar-refractivity contribution in [3.05, 3.63) is 47.5 Å². The highest BCUT2D eigenvalue weighted by molar-refractivity contribution is 6.99. The number of carbonyl (C=O) groups excluding carboxylic acids is 1. The number of likely N-dealkylation sites (tertiary alicyclic amines) is 1. The molecule has 1 saturated heterocycles. The molecule has 1 aliphatic heterocycles. The van der Waals surface area contributed by atoms with Crippen molar-refractivity contribution in [3.8, 4) is 17.2 Å². The summed E-state index contributed by atoms with van der Waals surface area (Å²) in [6.45, 7) is 6.85. The topological polar surface area (TPSA) is 151 Å². The number of phenols is 3. The van der Waals surface area contributed by atoms with E-state index in [1.54, 1.807) is 29.2 Å². The molecule has 6 N–H and O–H groups in total. The molecule has 2 unspecified atom stereocenters. The summed E-state index contributed by atoms with van der Waals surface area (Å²) in [4.78, 5) is 14.5. The Labute approximate surface area is 213 Å². The van der Waals surface area contributed by atoms with Crippen LogP contribution in [-0.2, 0) is 0 Å². The first kappa shape index (κ1) is 25.5. The van der Waals surface area contributed by atoms with Crippen LogP contribution in [0, 0.1) is 5.41 Å². The van der Waals surface area contributed by atoms with Gasteiger partial charge in [-0.3, -0.25) is 4.79 Å². The number of phenolic OH excluding ortho intramolecular Hbond substituents is 3. The van der Waals surface area contributed by atoms with Crippen molar-refractivity contribution in [2.24, 2.45) is 5.41 Å². The van der Waals surface area contributed by atoms with Crippen LogP contribution in [0.1, 0.15) is 55.6 Å². The second kappa shape index (κ2) is 10.2. The number of anilines is 3. The van der Waals surface area contributed by atoms with E-state index in [0.29, 0.717) is 36.7 Å². The van der Waals surface area contributed by atoms with Gasteiger partial charge in [-0.05, 0) is 48.1 Å². The number of benzene rings is 2. The Hall–Kier alpha value is -3.57. The van der Waals surface area contributed by atoms with E-state index < -0.39 is 6.10 Å². The number of piperidine rings is 1. The first-order chi connectivity index (χ1) is 17.0. The van der Waals surface area contributed by atoms with E-state index in [4.69, 9.17) is 0 Å². The summed E-state index contributed by atoms with van der Waals surface area (Å²) in [5.41, 5.74) is 0.871. The van der Waals surface area contributed by atoms with Gasteiger partial charge in [0.15, 0.2) is 28.9 Å². The Balaban J connectivity index is 1.58. The van der Waals surface area contributed by atoms with Crippen LogP contribution in [0.2, 0.25) is 0 Å². The van der Waals surface area contributed by atoms with Crippen LogP contribution in [0.25, 0.3) is 0 Å². The van der Waals surface area contributed by atoms with Crippen molar-refractivity contribution < 1.29 is 25.2 Å². The van der Waals surface area contributed by atoms with Crippen molar-refractivity contribution in [3.63, 3.8) is 0 Å². The second-order valence-corrected chi connectivity index (χ2v) is 10.6. The predicted octanol–water partition coefficient (Wildman–Crippen LogP) is 4.19. The summed E-state index contributed by atoms with van der Waals surface area (Å²) in [6.07, 6.45) is 0.800. The van der Waals surface area contributed by atoms with Gasteiger partial charge in [-0.15, -0.1) is 0 Å². The first-order valence-electron chi connectivity index (χ1n) is 11.7. The van der Waals surface area contributed by atoms with E-state index in [2.05, 4.69) is 19.4 Å². The van der Waals surface area contributed by atoms with E-state index in [1.807, 2.05) is 20.8 Å². The van der Waals surface area contributed by atoms with Gasteiger partial charge >= 0.3 is 0 Å². The molecule has 2 atom stereocenters. The van der Waals surface area contributed by atoms with Gasteiger partial charge in [0, 0.05) is 13.1 Å². The fourth-order valence-electron chi connectivity index (χ4n) is 4.28. The number of hydrogen-bond donors (Lipinski definition) is 6. The van der Waals surface area contributed by atoms with Crippen LogP contribution in [0.15, 0.2) is 36.4 Å². The Morgan fingerprint density at radius 1 is 1.11 bits per heavy atom. The number of hydrogen-bond acceptors (Lipinski definition) is 10. The van der Waals surface area contributed by atoms with Crippen LogP contribution in [-0.4, -0.2) is 59.2 Å². The minimum absolute atomic E-state index is 0.138. The number of amides is 1. The number of aromatic nitrogens is 2. The van der Waals surface area contributed by atoms with Crippen molar-refractivity contribution in [2.75, 3.05) is 23.7 Å². The number of nitrogens with zero attached hydrogens (tertiary/aromatic N) is 3. The number of nitrogens with one attached hydrogen (secondary N) is 2. The number of β-amino-alcohol motifs (C(OH)–C–C–N with tert-alkyl or cyclic N) is 1. The van der Waals surface area contributed by atoms with Gasteiger partial charge in [-0.2, -0.15) is 8.75 Å². The van der Waals surface area contributed by atoms with Crippen molar-refractivity contribution in [2.45, 2.75) is 45.8 Å².